The van der Waals surface area contributed by atoms with Crippen molar-refractivity contribution in [2.45, 2.75) is 219 Å². The number of carbonyl (C=O) groups excluding carboxylic acids is 3. The van der Waals surface area contributed by atoms with Crippen molar-refractivity contribution in [3.8, 4) is 0 Å². The average Bonchev–Trinajstić information content (AvgIpc) is 3.28. The fourth-order valence-corrected chi connectivity index (χ4v) is 6.52. The van der Waals surface area contributed by atoms with Crippen LogP contribution >= 0.6 is 0 Å². The average molecular weight is 873 g/mol. The van der Waals surface area contributed by atoms with Crippen LogP contribution in [0.25, 0.3) is 0 Å². The van der Waals surface area contributed by atoms with Crippen molar-refractivity contribution in [3.63, 3.8) is 0 Å². The van der Waals surface area contributed by atoms with Crippen LogP contribution in [0.2, 0.25) is 0 Å². The summed E-state index contributed by atoms with van der Waals surface area (Å²) in [5.41, 5.74) is 0. The van der Waals surface area contributed by atoms with Crippen LogP contribution in [-0.4, -0.2) is 37.2 Å². The van der Waals surface area contributed by atoms with Gasteiger partial charge in [0.2, 0.25) is 0 Å². The van der Waals surface area contributed by atoms with Gasteiger partial charge in [0, 0.05) is 19.3 Å². The van der Waals surface area contributed by atoms with Crippen LogP contribution in [0.3, 0.4) is 0 Å². The summed E-state index contributed by atoms with van der Waals surface area (Å²) >= 11 is 0. The van der Waals surface area contributed by atoms with E-state index in [1.807, 2.05) is 36.5 Å². The molecule has 0 fully saturated rings. The van der Waals surface area contributed by atoms with Crippen LogP contribution in [-0.2, 0) is 28.6 Å². The molecule has 0 aliphatic heterocycles. The van der Waals surface area contributed by atoms with Gasteiger partial charge >= 0.3 is 17.9 Å². The Bertz CT molecular complexity index is 1330. The zero-order valence-corrected chi connectivity index (χ0v) is 40.5. The highest BCUT2D eigenvalue weighted by molar-refractivity contribution is 5.71. The molecule has 0 rings (SSSR count). The second-order valence-corrected chi connectivity index (χ2v) is 16.5. The molecule has 6 nitrogen and oxygen atoms in total. The number of unbranched alkanes of at least 4 members (excludes halogenated alkanes) is 19. The predicted molar refractivity (Wildman–Crippen MR) is 270 cm³/mol. The van der Waals surface area contributed by atoms with Crippen molar-refractivity contribution < 1.29 is 28.6 Å². The highest BCUT2D eigenvalue weighted by Gasteiger charge is 2.19. The first-order valence-corrected chi connectivity index (χ1v) is 25.5. The maximum Gasteiger partial charge on any atom is 0.306 e. The van der Waals surface area contributed by atoms with Crippen LogP contribution < -0.4 is 0 Å². The van der Waals surface area contributed by atoms with Gasteiger partial charge in [0.1, 0.15) is 13.2 Å². The molecule has 0 spiro atoms. The Morgan fingerprint density at radius 2 is 0.683 bits per heavy atom. The minimum Gasteiger partial charge on any atom is -0.462 e. The van der Waals surface area contributed by atoms with Crippen LogP contribution in [0.1, 0.15) is 213 Å². The lowest BCUT2D eigenvalue weighted by Gasteiger charge is -2.18. The molecule has 0 bridgehead atoms. The second kappa shape index (κ2) is 50.7. The molecule has 0 aromatic heterocycles. The normalized spacial score (nSPS) is 13.0. The van der Waals surface area contributed by atoms with E-state index in [1.165, 1.54) is 77.0 Å². The molecular weight excluding hydrogens is 781 g/mol. The van der Waals surface area contributed by atoms with Crippen LogP contribution in [0, 0.1) is 0 Å². The van der Waals surface area contributed by atoms with Gasteiger partial charge in [-0.25, -0.2) is 0 Å². The van der Waals surface area contributed by atoms with Crippen LogP contribution in [0.4, 0.5) is 0 Å². The summed E-state index contributed by atoms with van der Waals surface area (Å²) in [6, 6.07) is 0. The van der Waals surface area contributed by atoms with E-state index in [4.69, 9.17) is 14.2 Å². The lowest BCUT2D eigenvalue weighted by atomic mass is 10.1. The molecule has 0 aliphatic rings. The molecule has 0 amide bonds. The fraction of sp³-hybridized carbons (Fsp3) is 0.632. The summed E-state index contributed by atoms with van der Waals surface area (Å²) in [5.74, 6) is -0.999. The zero-order chi connectivity index (χ0) is 45.8. The van der Waals surface area contributed by atoms with Gasteiger partial charge in [0.05, 0.1) is 0 Å². The third kappa shape index (κ3) is 49.0. The topological polar surface area (TPSA) is 78.9 Å². The first kappa shape index (κ1) is 59.1. The molecule has 0 heterocycles. The summed E-state index contributed by atoms with van der Waals surface area (Å²) in [6.45, 7) is 6.42. The van der Waals surface area contributed by atoms with Crippen molar-refractivity contribution in [1.29, 1.82) is 0 Å². The number of allylic oxidation sites excluding steroid dienone is 18. The minimum absolute atomic E-state index is 0.109. The number of hydrogen-bond donors (Lipinski definition) is 0. The maximum atomic E-state index is 12.8. The lowest BCUT2D eigenvalue weighted by molar-refractivity contribution is -0.167. The highest BCUT2D eigenvalue weighted by Crippen LogP contribution is 2.13. The van der Waals surface area contributed by atoms with E-state index in [9.17, 15) is 14.4 Å². The molecule has 1 atom stereocenters. The monoisotopic (exact) mass is 873 g/mol. The third-order valence-electron chi connectivity index (χ3n) is 10.4. The van der Waals surface area contributed by atoms with Gasteiger partial charge in [-0.05, 0) is 77.0 Å². The smallest absolute Gasteiger partial charge is 0.306 e. The summed E-state index contributed by atoms with van der Waals surface area (Å²) in [4.78, 5) is 37.9. The van der Waals surface area contributed by atoms with E-state index in [0.717, 1.165) is 89.9 Å². The third-order valence-corrected chi connectivity index (χ3v) is 10.4. The van der Waals surface area contributed by atoms with E-state index in [0.29, 0.717) is 19.3 Å². The molecule has 1 unspecified atom stereocenters. The van der Waals surface area contributed by atoms with Gasteiger partial charge in [-0.2, -0.15) is 0 Å². The summed E-state index contributed by atoms with van der Waals surface area (Å²) < 4.78 is 16.7. The minimum atomic E-state index is -0.817. The molecule has 6 heteroatoms. The molecule has 0 aliphatic carbocycles. The van der Waals surface area contributed by atoms with E-state index < -0.39 is 6.10 Å². The summed E-state index contributed by atoms with van der Waals surface area (Å²) in [5, 5.41) is 0. The fourth-order valence-electron chi connectivity index (χ4n) is 6.52. The number of rotatable bonds is 44. The van der Waals surface area contributed by atoms with E-state index in [1.54, 1.807) is 0 Å². The first-order chi connectivity index (χ1) is 31.0. The Morgan fingerprint density at radius 3 is 1.17 bits per heavy atom. The van der Waals surface area contributed by atoms with Crippen molar-refractivity contribution in [2.24, 2.45) is 0 Å². The highest BCUT2D eigenvalue weighted by atomic mass is 16.6. The van der Waals surface area contributed by atoms with Crippen LogP contribution in [0.5, 0.6) is 0 Å². The van der Waals surface area contributed by atoms with E-state index in [-0.39, 0.29) is 37.5 Å². The SMILES string of the molecule is CCC\C=C/C=C\C=C/C=C\C=C/CCCCCCCC(=O)OCC(COC(=O)CCCCCCCCCCCC)OC(=O)CCC/C=C\C/C=C\C/C=C\C/C=C\CCCCC. The van der Waals surface area contributed by atoms with Gasteiger partial charge in [0.25, 0.3) is 0 Å². The Morgan fingerprint density at radius 1 is 0.333 bits per heavy atom. The van der Waals surface area contributed by atoms with Crippen molar-refractivity contribution >= 4 is 17.9 Å². The Balaban J connectivity index is 4.52. The molecule has 0 N–H and O–H groups in total. The van der Waals surface area contributed by atoms with Gasteiger partial charge in [0.15, 0.2) is 6.10 Å². The van der Waals surface area contributed by atoms with Crippen molar-refractivity contribution in [1.82, 2.24) is 0 Å². The molecule has 0 saturated heterocycles. The number of ether oxygens (including phenoxy) is 3. The first-order valence-electron chi connectivity index (χ1n) is 25.5. The second-order valence-electron chi connectivity index (χ2n) is 16.5. The standard InChI is InChI=1S/C57H92O6/c1-4-7-10-13-16-19-22-24-26-28-30-31-33-35-38-41-44-47-50-56(59)62-53-54(52-61-55(58)49-46-43-40-37-21-18-15-12-9-6-3)63-57(60)51-48-45-42-39-36-34-32-29-27-25-23-20-17-14-11-8-5-2/h10,13,16-17,19-20,22,24-28,30-32,34,39,42,54H,4-9,11-12,14-15,18,21,23,29,33,35-38,40-41,43-53H2,1-3H3/b13-10-,19-16-,20-17-,24-22-,27-25-,28-26-,31-30-,34-32-,42-39-. The van der Waals surface area contributed by atoms with Crippen molar-refractivity contribution in [2.75, 3.05) is 13.2 Å². The Kier molecular flexibility index (Phi) is 47.5. The molecule has 0 aromatic carbocycles. The maximum absolute atomic E-state index is 12.8. The molecule has 0 radical (unpaired) electrons. The Hall–Kier alpha value is -3.93. The van der Waals surface area contributed by atoms with E-state index in [2.05, 4.69) is 93.7 Å². The van der Waals surface area contributed by atoms with Gasteiger partial charge < -0.3 is 14.2 Å². The van der Waals surface area contributed by atoms with Crippen molar-refractivity contribution in [3.05, 3.63) is 109 Å². The van der Waals surface area contributed by atoms with Gasteiger partial charge in [-0.3, -0.25) is 14.4 Å². The Labute approximate surface area is 387 Å². The quantitative estimate of drug-likeness (QED) is 0.0199. The van der Waals surface area contributed by atoms with E-state index >= 15 is 0 Å². The summed E-state index contributed by atoms with van der Waals surface area (Å²) in [6.07, 6.45) is 67.8. The lowest BCUT2D eigenvalue weighted by Crippen LogP contribution is -2.30. The van der Waals surface area contributed by atoms with Gasteiger partial charge in [-0.15, -0.1) is 0 Å². The zero-order valence-electron chi connectivity index (χ0n) is 40.5. The molecule has 0 saturated carbocycles. The number of carbonyl (C=O) groups is 3. The van der Waals surface area contributed by atoms with Gasteiger partial charge in [-0.1, -0.05) is 226 Å². The predicted octanol–water partition coefficient (Wildman–Crippen LogP) is 16.8. The summed E-state index contributed by atoms with van der Waals surface area (Å²) in [7, 11) is 0. The largest absolute Gasteiger partial charge is 0.462 e. The molecular formula is C57H92O6. The van der Waals surface area contributed by atoms with Crippen LogP contribution in [0.15, 0.2) is 109 Å². The molecule has 0 aromatic rings. The molecule has 63 heavy (non-hydrogen) atoms. The number of hydrogen-bond acceptors (Lipinski definition) is 6. The number of esters is 3. The molecule has 356 valence electrons.